The zero-order chi connectivity index (χ0) is 31.9. The summed E-state index contributed by atoms with van der Waals surface area (Å²) in [5.41, 5.74) is 8.99. The summed E-state index contributed by atoms with van der Waals surface area (Å²) in [6, 6.07) is 18.5. The summed E-state index contributed by atoms with van der Waals surface area (Å²) in [4.78, 5) is 29.6. The number of ketones is 1. The number of nitrogens with one attached hydrogen (secondary N) is 1. The lowest BCUT2D eigenvalue weighted by Gasteiger charge is -2.40. The van der Waals surface area contributed by atoms with Crippen molar-refractivity contribution in [2.75, 3.05) is 25.5 Å². The first-order valence-electron chi connectivity index (χ1n) is 16.6. The molecule has 0 spiro atoms. The van der Waals surface area contributed by atoms with Crippen LogP contribution in [0.3, 0.4) is 0 Å². The number of hydrogen-bond donors (Lipinski definition) is 1. The minimum atomic E-state index is -0.106. The number of carbonyl (C=O) groups excluding carboxylic acids is 2. The second-order valence-corrected chi connectivity index (χ2v) is 13.0. The molecule has 3 unspecified atom stereocenters. The predicted octanol–water partition coefficient (Wildman–Crippen LogP) is 8.27. The van der Waals surface area contributed by atoms with Crippen molar-refractivity contribution in [3.05, 3.63) is 148 Å². The van der Waals surface area contributed by atoms with Crippen molar-refractivity contribution in [2.45, 2.75) is 44.9 Å². The molecule has 3 aliphatic carbocycles. The third kappa shape index (κ3) is 7.35. The quantitative estimate of drug-likeness (QED) is 0.172. The van der Waals surface area contributed by atoms with Gasteiger partial charge in [-0.25, -0.2) is 0 Å². The largest absolute Gasteiger partial charge is 0.325 e. The number of likely N-dealkylation sites (tertiary alicyclic amines) is 1. The number of Topliss-reactive ketones (excluding diaryl/α,β-unsaturated/α-hetero) is 1. The van der Waals surface area contributed by atoms with E-state index in [1.807, 2.05) is 43.3 Å². The number of allylic oxidation sites excluding steroid dienone is 10. The summed E-state index contributed by atoms with van der Waals surface area (Å²) in [7, 11) is 0. The number of alkyl halides is 1. The maximum atomic E-state index is 13.8. The average Bonchev–Trinajstić information content (AvgIpc) is 3.40. The van der Waals surface area contributed by atoms with Crippen molar-refractivity contribution in [3.8, 4) is 0 Å². The maximum absolute atomic E-state index is 13.8. The Morgan fingerprint density at radius 3 is 2.65 bits per heavy atom. The molecule has 1 N–H and O–H groups in total. The standard InChI is InChI=1S/C41H43ClN2O2/c1-2-11-38(36(22-23-42)39(45)25-29-12-5-3-6-13-29)43-40(46)28-44-26-30-18-19-31-15-9-10-16-34(31)37(24-30)41-33(27-44)21-20-32-14-7-4-8-17-35(32)41/h3-13,15-20,22,30,33,37H,2,14,21,23-28H2,1H3,(H,43,46)/b36-22+,38-11+. The molecule has 0 saturated carbocycles. The Balaban J connectivity index is 1.26. The van der Waals surface area contributed by atoms with Crippen molar-refractivity contribution >= 4 is 29.4 Å². The number of nitrogens with zero attached hydrogens (tertiary/aromatic N) is 1. The second-order valence-electron chi connectivity index (χ2n) is 12.7. The number of amides is 1. The fraction of sp³-hybridized carbons (Fsp3) is 0.317. The Morgan fingerprint density at radius 2 is 1.83 bits per heavy atom. The molecule has 3 atom stereocenters. The van der Waals surface area contributed by atoms with E-state index in [0.29, 0.717) is 35.4 Å². The van der Waals surface area contributed by atoms with Crippen LogP contribution in [0.25, 0.3) is 6.08 Å². The van der Waals surface area contributed by atoms with Crippen LogP contribution in [-0.2, 0) is 16.0 Å². The van der Waals surface area contributed by atoms with E-state index in [1.54, 1.807) is 6.08 Å². The number of fused-ring (bicyclic) bond motifs is 7. The Hall–Kier alpha value is -3.99. The van der Waals surface area contributed by atoms with Gasteiger partial charge < -0.3 is 5.32 Å². The topological polar surface area (TPSA) is 49.4 Å². The third-order valence-corrected chi connectivity index (χ3v) is 9.68. The van der Waals surface area contributed by atoms with E-state index < -0.39 is 0 Å². The monoisotopic (exact) mass is 630 g/mol. The summed E-state index contributed by atoms with van der Waals surface area (Å²) < 4.78 is 0. The van der Waals surface area contributed by atoms with E-state index in [4.69, 9.17) is 11.6 Å². The molecule has 0 aromatic heterocycles. The number of carbonyl (C=O) groups is 2. The van der Waals surface area contributed by atoms with Crippen LogP contribution in [0.15, 0.2) is 131 Å². The molecular weight excluding hydrogens is 588 g/mol. The molecule has 2 aromatic carbocycles. The second kappa shape index (κ2) is 15.1. The summed E-state index contributed by atoms with van der Waals surface area (Å²) in [6.07, 6.45) is 23.5. The molecule has 1 aliphatic heterocycles. The molecule has 46 heavy (non-hydrogen) atoms. The number of benzene rings is 2. The van der Waals surface area contributed by atoms with E-state index in [-0.39, 0.29) is 30.5 Å². The fourth-order valence-electron chi connectivity index (χ4n) is 7.55. The van der Waals surface area contributed by atoms with Crippen LogP contribution in [-0.4, -0.2) is 42.1 Å². The molecule has 4 nitrogen and oxygen atoms in total. The van der Waals surface area contributed by atoms with Gasteiger partial charge in [0.15, 0.2) is 5.78 Å². The van der Waals surface area contributed by atoms with Gasteiger partial charge in [0, 0.05) is 42.6 Å². The maximum Gasteiger partial charge on any atom is 0.238 e. The molecule has 2 bridgehead atoms. The molecule has 236 valence electrons. The van der Waals surface area contributed by atoms with Crippen molar-refractivity contribution < 1.29 is 9.59 Å². The first-order chi connectivity index (χ1) is 22.5. The van der Waals surface area contributed by atoms with E-state index in [1.165, 1.54) is 27.8 Å². The molecular formula is C41H43ClN2O2. The summed E-state index contributed by atoms with van der Waals surface area (Å²) >= 11 is 6.13. The molecule has 0 radical (unpaired) electrons. The van der Waals surface area contributed by atoms with Crippen molar-refractivity contribution in [3.63, 3.8) is 0 Å². The highest BCUT2D eigenvalue weighted by Crippen LogP contribution is 2.48. The molecule has 1 fully saturated rings. The van der Waals surface area contributed by atoms with Gasteiger partial charge in [-0.05, 0) is 65.4 Å². The zero-order valence-electron chi connectivity index (χ0n) is 26.6. The fourth-order valence-corrected chi connectivity index (χ4v) is 7.71. The van der Waals surface area contributed by atoms with Crippen LogP contribution in [0.4, 0.5) is 0 Å². The van der Waals surface area contributed by atoms with Gasteiger partial charge in [-0.15, -0.1) is 11.6 Å². The normalized spacial score (nSPS) is 22.8. The SMILES string of the molecule is CC/C=C(NC(=O)CN1CC2C=Cc3ccccc3C(C2)C2=C3C=CC=CCC3=CCC2C1)\C(=C/CCl)C(=O)Cc1ccccc1. The molecule has 4 aliphatic rings. The summed E-state index contributed by atoms with van der Waals surface area (Å²) in [6.45, 7) is 3.89. The molecule has 6 rings (SSSR count). The van der Waals surface area contributed by atoms with Crippen molar-refractivity contribution in [2.24, 2.45) is 11.8 Å². The Labute approximate surface area is 278 Å². The van der Waals surface area contributed by atoms with E-state index in [9.17, 15) is 9.59 Å². The number of hydrogen-bond acceptors (Lipinski definition) is 3. The van der Waals surface area contributed by atoms with E-state index in [0.717, 1.165) is 37.9 Å². The van der Waals surface area contributed by atoms with Crippen LogP contribution < -0.4 is 5.32 Å². The Bertz CT molecular complexity index is 1670. The highest BCUT2D eigenvalue weighted by atomic mass is 35.5. The van der Waals surface area contributed by atoms with Gasteiger partial charge in [0.05, 0.1) is 6.54 Å². The lowest BCUT2D eigenvalue weighted by molar-refractivity contribution is -0.121. The molecule has 5 heteroatoms. The zero-order valence-corrected chi connectivity index (χ0v) is 27.4. The first-order valence-corrected chi connectivity index (χ1v) is 17.2. The summed E-state index contributed by atoms with van der Waals surface area (Å²) in [5.74, 6) is 0.999. The third-order valence-electron chi connectivity index (χ3n) is 9.53. The number of rotatable bonds is 9. The molecule has 1 heterocycles. The van der Waals surface area contributed by atoms with E-state index >= 15 is 0 Å². The minimum Gasteiger partial charge on any atom is -0.325 e. The van der Waals surface area contributed by atoms with Gasteiger partial charge >= 0.3 is 0 Å². The van der Waals surface area contributed by atoms with Crippen LogP contribution in [0.5, 0.6) is 0 Å². The van der Waals surface area contributed by atoms with E-state index in [2.05, 4.69) is 77.0 Å². The van der Waals surface area contributed by atoms with Gasteiger partial charge in [0.25, 0.3) is 0 Å². The highest BCUT2D eigenvalue weighted by Gasteiger charge is 2.37. The van der Waals surface area contributed by atoms with Crippen molar-refractivity contribution in [1.82, 2.24) is 10.2 Å². The molecule has 1 amide bonds. The van der Waals surface area contributed by atoms with Gasteiger partial charge in [-0.1, -0.05) is 122 Å². The average molecular weight is 631 g/mol. The summed E-state index contributed by atoms with van der Waals surface area (Å²) in [5, 5.41) is 3.13. The predicted molar refractivity (Wildman–Crippen MR) is 189 cm³/mol. The number of halogens is 1. The van der Waals surface area contributed by atoms with Gasteiger partial charge in [0.1, 0.15) is 0 Å². The lowest BCUT2D eigenvalue weighted by atomic mass is 9.70. The van der Waals surface area contributed by atoms with Crippen LogP contribution in [0.1, 0.15) is 55.2 Å². The first kappa shape index (κ1) is 32.0. The van der Waals surface area contributed by atoms with Crippen LogP contribution in [0.2, 0.25) is 0 Å². The van der Waals surface area contributed by atoms with Gasteiger partial charge in [-0.2, -0.15) is 0 Å². The Morgan fingerprint density at radius 1 is 1.00 bits per heavy atom. The molecule has 2 aromatic rings. The van der Waals surface area contributed by atoms with Gasteiger partial charge in [0.2, 0.25) is 5.91 Å². The Kier molecular flexibility index (Phi) is 10.5. The smallest absolute Gasteiger partial charge is 0.238 e. The minimum absolute atomic E-state index is 0.0562. The highest BCUT2D eigenvalue weighted by molar-refractivity contribution is 6.19. The van der Waals surface area contributed by atoms with Crippen molar-refractivity contribution in [1.29, 1.82) is 0 Å². The lowest BCUT2D eigenvalue weighted by Crippen LogP contribution is -2.44. The van der Waals surface area contributed by atoms with Crippen LogP contribution in [0, 0.1) is 11.8 Å². The van der Waals surface area contributed by atoms with Gasteiger partial charge in [-0.3, -0.25) is 14.5 Å². The molecule has 1 saturated heterocycles. The van der Waals surface area contributed by atoms with Crippen LogP contribution >= 0.6 is 11.6 Å².